The van der Waals surface area contributed by atoms with Gasteiger partial charge in [-0.3, -0.25) is 0 Å². The van der Waals surface area contributed by atoms with Crippen molar-refractivity contribution >= 4 is 0 Å². The molecule has 0 saturated carbocycles. The predicted octanol–water partition coefficient (Wildman–Crippen LogP) is 1.68. The van der Waals surface area contributed by atoms with Crippen LogP contribution < -0.4 is 0 Å². The predicted molar refractivity (Wildman–Crippen MR) is 50.3 cm³/mol. The third-order valence-corrected chi connectivity index (χ3v) is 2.17. The molecule has 2 rings (SSSR count). The third-order valence-electron chi connectivity index (χ3n) is 2.17. The molecule has 2 heteroatoms. The van der Waals surface area contributed by atoms with Crippen LogP contribution in [0.3, 0.4) is 0 Å². The maximum absolute atomic E-state index is 8.88. The quantitative estimate of drug-likeness (QED) is 0.695. The molecule has 0 amide bonds. The van der Waals surface area contributed by atoms with E-state index in [-0.39, 0.29) is 12.7 Å². The molecule has 1 aliphatic heterocycles. The van der Waals surface area contributed by atoms with Crippen LogP contribution in [-0.4, -0.2) is 18.3 Å². The first-order valence-corrected chi connectivity index (χ1v) is 4.37. The summed E-state index contributed by atoms with van der Waals surface area (Å²) in [4.78, 5) is 0. The van der Waals surface area contributed by atoms with Gasteiger partial charge < -0.3 is 9.84 Å². The van der Waals surface area contributed by atoms with Gasteiger partial charge in [-0.15, -0.1) is 0 Å². The Balaban J connectivity index is 2.16. The van der Waals surface area contributed by atoms with Crippen molar-refractivity contribution in [2.75, 3.05) is 13.2 Å². The van der Waals surface area contributed by atoms with Gasteiger partial charge in [-0.25, -0.2) is 0 Å². The number of aliphatic hydroxyl groups excluding tert-OH is 1. The second kappa shape index (κ2) is 3.73. The zero-order valence-corrected chi connectivity index (χ0v) is 7.31. The summed E-state index contributed by atoms with van der Waals surface area (Å²) in [6.45, 7) is 0.652. The van der Waals surface area contributed by atoms with E-state index in [1.807, 2.05) is 36.4 Å². The Morgan fingerprint density at radius 3 is 2.69 bits per heavy atom. The van der Waals surface area contributed by atoms with Crippen LogP contribution in [0.1, 0.15) is 11.7 Å². The summed E-state index contributed by atoms with van der Waals surface area (Å²) in [5, 5.41) is 8.88. The zero-order valence-electron chi connectivity index (χ0n) is 7.31. The van der Waals surface area contributed by atoms with Crippen LogP contribution in [0.15, 0.2) is 42.0 Å². The van der Waals surface area contributed by atoms with Crippen LogP contribution in [-0.2, 0) is 4.74 Å². The first-order valence-electron chi connectivity index (χ1n) is 4.37. The van der Waals surface area contributed by atoms with Gasteiger partial charge in [0, 0.05) is 0 Å². The smallest absolute Gasteiger partial charge is 0.101 e. The first kappa shape index (κ1) is 8.48. The molecule has 1 heterocycles. The number of hydrogen-bond donors (Lipinski definition) is 1. The molecule has 13 heavy (non-hydrogen) atoms. The standard InChI is InChI=1S/C11H12O2/c12-7-9-6-11(13-8-9)10-4-2-1-3-5-10/h1-6,11-12H,7-8H2/t11-/m1/s1. The summed E-state index contributed by atoms with van der Waals surface area (Å²) in [5.74, 6) is 0. The van der Waals surface area contributed by atoms with Crippen molar-refractivity contribution in [1.29, 1.82) is 0 Å². The summed E-state index contributed by atoms with van der Waals surface area (Å²) in [7, 11) is 0. The lowest BCUT2D eigenvalue weighted by molar-refractivity contribution is 0.123. The van der Waals surface area contributed by atoms with E-state index in [0.717, 1.165) is 11.1 Å². The molecule has 0 bridgehead atoms. The highest BCUT2D eigenvalue weighted by molar-refractivity contribution is 5.25. The van der Waals surface area contributed by atoms with E-state index in [1.54, 1.807) is 0 Å². The molecule has 0 unspecified atom stereocenters. The molecule has 1 aliphatic rings. The number of hydrogen-bond acceptors (Lipinski definition) is 2. The second-order valence-corrected chi connectivity index (χ2v) is 3.13. The van der Waals surface area contributed by atoms with E-state index >= 15 is 0 Å². The lowest BCUT2D eigenvalue weighted by Gasteiger charge is -2.06. The molecule has 2 nitrogen and oxygen atoms in total. The summed E-state index contributed by atoms with van der Waals surface area (Å²) < 4.78 is 5.49. The first-order chi connectivity index (χ1) is 6.40. The van der Waals surface area contributed by atoms with Gasteiger partial charge >= 0.3 is 0 Å². The van der Waals surface area contributed by atoms with E-state index in [1.165, 1.54) is 0 Å². The van der Waals surface area contributed by atoms with Crippen LogP contribution in [0.5, 0.6) is 0 Å². The maximum Gasteiger partial charge on any atom is 0.101 e. The lowest BCUT2D eigenvalue weighted by Crippen LogP contribution is -1.95. The van der Waals surface area contributed by atoms with Gasteiger partial charge in [0.1, 0.15) is 6.10 Å². The van der Waals surface area contributed by atoms with Gasteiger partial charge in [0.2, 0.25) is 0 Å². The Labute approximate surface area is 77.5 Å². The maximum atomic E-state index is 8.88. The fourth-order valence-electron chi connectivity index (χ4n) is 1.44. The summed E-state index contributed by atoms with van der Waals surface area (Å²) in [5.41, 5.74) is 2.11. The van der Waals surface area contributed by atoms with Crippen molar-refractivity contribution in [1.82, 2.24) is 0 Å². The van der Waals surface area contributed by atoms with E-state index in [2.05, 4.69) is 0 Å². The molecule has 0 aromatic heterocycles. The molecule has 68 valence electrons. The molecule has 0 radical (unpaired) electrons. The number of ether oxygens (including phenoxy) is 1. The minimum atomic E-state index is 0.0309. The van der Waals surface area contributed by atoms with Crippen molar-refractivity contribution < 1.29 is 9.84 Å². The topological polar surface area (TPSA) is 29.5 Å². The molecule has 0 saturated heterocycles. The molecule has 1 atom stereocenters. The Kier molecular flexibility index (Phi) is 2.43. The van der Waals surface area contributed by atoms with E-state index < -0.39 is 0 Å². The van der Waals surface area contributed by atoms with Gasteiger partial charge in [0.05, 0.1) is 13.2 Å². The SMILES string of the molecule is OCC1=C[C@H](c2ccccc2)OC1. The highest BCUT2D eigenvalue weighted by atomic mass is 16.5. The van der Waals surface area contributed by atoms with Gasteiger partial charge in [0.25, 0.3) is 0 Å². The van der Waals surface area contributed by atoms with Crippen molar-refractivity contribution in [2.45, 2.75) is 6.10 Å². The number of aliphatic hydroxyl groups is 1. The molecule has 0 fully saturated rings. The molecule has 0 spiro atoms. The Bertz CT molecular complexity index is 303. The van der Waals surface area contributed by atoms with E-state index in [4.69, 9.17) is 9.84 Å². The largest absolute Gasteiger partial charge is 0.392 e. The fourth-order valence-corrected chi connectivity index (χ4v) is 1.44. The number of rotatable bonds is 2. The summed E-state index contributed by atoms with van der Waals surface area (Å²) in [6.07, 6.45) is 2.01. The van der Waals surface area contributed by atoms with Crippen LogP contribution in [0.25, 0.3) is 0 Å². The van der Waals surface area contributed by atoms with Crippen LogP contribution in [0.4, 0.5) is 0 Å². The Morgan fingerprint density at radius 1 is 1.31 bits per heavy atom. The van der Waals surface area contributed by atoms with Gasteiger partial charge in [0.15, 0.2) is 0 Å². The minimum Gasteiger partial charge on any atom is -0.392 e. The van der Waals surface area contributed by atoms with Gasteiger partial charge in [-0.05, 0) is 17.2 Å². The normalized spacial score (nSPS) is 21.6. The van der Waals surface area contributed by atoms with Crippen LogP contribution >= 0.6 is 0 Å². The minimum absolute atomic E-state index is 0.0309. The van der Waals surface area contributed by atoms with Crippen molar-refractivity contribution in [3.8, 4) is 0 Å². The van der Waals surface area contributed by atoms with Gasteiger partial charge in [-0.2, -0.15) is 0 Å². The summed E-state index contributed by atoms with van der Waals surface area (Å²) >= 11 is 0. The highest BCUT2D eigenvalue weighted by Gasteiger charge is 2.16. The zero-order chi connectivity index (χ0) is 9.10. The lowest BCUT2D eigenvalue weighted by atomic mass is 10.1. The number of benzene rings is 1. The third kappa shape index (κ3) is 1.79. The Hall–Kier alpha value is -1.12. The van der Waals surface area contributed by atoms with E-state index in [9.17, 15) is 0 Å². The summed E-state index contributed by atoms with van der Waals surface area (Å²) in [6, 6.07) is 10.0. The molecule has 0 aliphatic carbocycles. The molecular weight excluding hydrogens is 164 g/mol. The molecule has 1 aromatic carbocycles. The molecule has 1 N–H and O–H groups in total. The van der Waals surface area contributed by atoms with Crippen molar-refractivity contribution in [2.24, 2.45) is 0 Å². The van der Waals surface area contributed by atoms with E-state index in [0.29, 0.717) is 6.61 Å². The fraction of sp³-hybridized carbons (Fsp3) is 0.273. The van der Waals surface area contributed by atoms with Gasteiger partial charge in [-0.1, -0.05) is 30.3 Å². The van der Waals surface area contributed by atoms with Crippen molar-refractivity contribution in [3.63, 3.8) is 0 Å². The van der Waals surface area contributed by atoms with Crippen LogP contribution in [0.2, 0.25) is 0 Å². The molecule has 1 aromatic rings. The van der Waals surface area contributed by atoms with Crippen molar-refractivity contribution in [3.05, 3.63) is 47.5 Å². The second-order valence-electron chi connectivity index (χ2n) is 3.13. The average molecular weight is 176 g/mol. The average Bonchev–Trinajstić information content (AvgIpc) is 2.67. The Morgan fingerprint density at radius 2 is 2.08 bits per heavy atom. The highest BCUT2D eigenvalue weighted by Crippen LogP contribution is 2.25. The molecular formula is C11H12O2. The monoisotopic (exact) mass is 176 g/mol. The van der Waals surface area contributed by atoms with Crippen LogP contribution in [0, 0.1) is 0 Å².